The van der Waals surface area contributed by atoms with Gasteiger partial charge in [0.1, 0.15) is 0 Å². The van der Waals surface area contributed by atoms with Crippen LogP contribution in [0.15, 0.2) is 85.2 Å². The molecule has 0 saturated heterocycles. The van der Waals surface area contributed by atoms with Crippen LogP contribution in [-0.2, 0) is 4.12 Å². The summed E-state index contributed by atoms with van der Waals surface area (Å²) in [5.41, 5.74) is 3.91. The maximum atomic E-state index is 6.74. The van der Waals surface area contributed by atoms with Crippen LogP contribution in [0.4, 0.5) is 0 Å². The summed E-state index contributed by atoms with van der Waals surface area (Å²) in [5, 5.41) is 2.55. The van der Waals surface area contributed by atoms with Crippen molar-refractivity contribution in [3.8, 4) is 0 Å². The van der Waals surface area contributed by atoms with Crippen molar-refractivity contribution in [3.05, 3.63) is 85.2 Å². The van der Waals surface area contributed by atoms with Crippen LogP contribution in [0.5, 0.6) is 0 Å². The third-order valence-corrected chi connectivity index (χ3v) is 11.8. The van der Waals surface area contributed by atoms with Crippen LogP contribution in [0.2, 0.25) is 13.1 Å². The molecule has 0 aliphatic heterocycles. The van der Waals surface area contributed by atoms with Crippen molar-refractivity contribution < 1.29 is 4.12 Å². The van der Waals surface area contributed by atoms with Crippen LogP contribution in [0.1, 0.15) is 0 Å². The highest BCUT2D eigenvalue weighted by atomic mass is 28.4. The van der Waals surface area contributed by atoms with E-state index < -0.39 is 16.6 Å². The first-order chi connectivity index (χ1) is 10.0. The van der Waals surface area contributed by atoms with Gasteiger partial charge in [0.05, 0.1) is 0 Å². The van der Waals surface area contributed by atoms with E-state index in [2.05, 4.69) is 74.8 Å². The van der Waals surface area contributed by atoms with Crippen molar-refractivity contribution in [2.45, 2.75) is 13.1 Å². The molecule has 3 heteroatoms. The van der Waals surface area contributed by atoms with Crippen molar-refractivity contribution in [2.24, 2.45) is 0 Å². The van der Waals surface area contributed by atoms with E-state index >= 15 is 0 Å². The van der Waals surface area contributed by atoms with Gasteiger partial charge < -0.3 is 4.12 Å². The quantitative estimate of drug-likeness (QED) is 0.743. The van der Waals surface area contributed by atoms with E-state index in [9.17, 15) is 0 Å². The molecule has 0 aliphatic carbocycles. The monoisotopic (exact) mass is 310 g/mol. The molecule has 0 bridgehead atoms. The fourth-order valence-corrected chi connectivity index (χ4v) is 9.69. The largest absolute Gasteiger partial charge is 0.443 e. The van der Waals surface area contributed by atoms with Gasteiger partial charge in [0, 0.05) is 0 Å². The average Bonchev–Trinajstić information content (AvgIpc) is 2.56. The standard InChI is InChI=1S/C18H22OSi2/c1-5-20(3,6-2)19-21(4,17-13-9-7-10-14-17)18-15-11-8-12-16-18/h5-16H,1-2H2,3-4H3. The molecule has 0 atom stereocenters. The molecule has 0 amide bonds. The molecule has 108 valence electrons. The minimum Gasteiger partial charge on any atom is -0.443 e. The van der Waals surface area contributed by atoms with Gasteiger partial charge in [-0.15, -0.1) is 13.2 Å². The smallest absolute Gasteiger partial charge is 0.242 e. The summed E-state index contributed by atoms with van der Waals surface area (Å²) in [6.07, 6.45) is 0. The predicted octanol–water partition coefficient (Wildman–Crippen LogP) is 3.42. The molecule has 21 heavy (non-hydrogen) atoms. The van der Waals surface area contributed by atoms with Crippen molar-refractivity contribution >= 4 is 27.0 Å². The Balaban J connectivity index is 2.55. The lowest BCUT2D eigenvalue weighted by Crippen LogP contribution is -2.62. The fourth-order valence-electron chi connectivity index (χ4n) is 2.40. The summed E-state index contributed by atoms with van der Waals surface area (Å²) < 4.78 is 6.74. The van der Waals surface area contributed by atoms with Crippen LogP contribution < -0.4 is 10.4 Å². The third-order valence-electron chi connectivity index (χ3n) is 3.88. The van der Waals surface area contributed by atoms with Gasteiger partial charge in [-0.1, -0.05) is 72.1 Å². The molecule has 1 nitrogen and oxygen atoms in total. The second kappa shape index (κ2) is 6.39. The molecule has 0 saturated carbocycles. The van der Waals surface area contributed by atoms with Gasteiger partial charge in [-0.25, -0.2) is 0 Å². The van der Waals surface area contributed by atoms with Crippen molar-refractivity contribution in [3.63, 3.8) is 0 Å². The van der Waals surface area contributed by atoms with Gasteiger partial charge in [-0.05, 0) is 23.5 Å². The van der Waals surface area contributed by atoms with Crippen molar-refractivity contribution in [2.75, 3.05) is 0 Å². The van der Waals surface area contributed by atoms with Crippen LogP contribution in [0.25, 0.3) is 0 Å². The molecule has 0 N–H and O–H groups in total. The molecule has 0 spiro atoms. The number of hydrogen-bond donors (Lipinski definition) is 0. The van der Waals surface area contributed by atoms with Gasteiger partial charge in [-0.3, -0.25) is 0 Å². The van der Waals surface area contributed by atoms with Crippen molar-refractivity contribution in [1.29, 1.82) is 0 Å². The topological polar surface area (TPSA) is 9.23 Å². The van der Waals surface area contributed by atoms with E-state index in [1.165, 1.54) is 10.4 Å². The molecule has 0 heterocycles. The Kier molecular flexibility index (Phi) is 4.78. The maximum Gasteiger partial charge on any atom is 0.242 e. The molecule has 2 rings (SSSR count). The van der Waals surface area contributed by atoms with Gasteiger partial charge in [-0.2, -0.15) is 0 Å². The Morgan fingerprint density at radius 3 is 1.48 bits per heavy atom. The molecular weight excluding hydrogens is 288 g/mol. The summed E-state index contributed by atoms with van der Waals surface area (Å²) in [5.74, 6) is 0. The molecule has 0 aliphatic rings. The lowest BCUT2D eigenvalue weighted by Gasteiger charge is -2.35. The van der Waals surface area contributed by atoms with Crippen LogP contribution in [0, 0.1) is 0 Å². The maximum absolute atomic E-state index is 6.74. The summed E-state index contributed by atoms with van der Waals surface area (Å²) in [6, 6.07) is 21.1. The summed E-state index contributed by atoms with van der Waals surface area (Å²) in [7, 11) is -4.37. The lowest BCUT2D eigenvalue weighted by molar-refractivity contribution is 0.585. The SMILES string of the molecule is C=C[Si](C)(C=C)O[Si](C)(c1ccccc1)c1ccccc1. The highest BCUT2D eigenvalue weighted by Crippen LogP contribution is 2.17. The highest BCUT2D eigenvalue weighted by Gasteiger charge is 2.39. The molecule has 0 radical (unpaired) electrons. The Labute approximate surface area is 129 Å². The summed E-state index contributed by atoms with van der Waals surface area (Å²) >= 11 is 0. The Morgan fingerprint density at radius 2 is 1.14 bits per heavy atom. The zero-order valence-corrected chi connectivity index (χ0v) is 14.8. The lowest BCUT2D eigenvalue weighted by atomic mass is 10.4. The number of rotatable bonds is 6. The first kappa shape index (κ1) is 15.7. The number of benzene rings is 2. The van der Waals surface area contributed by atoms with E-state index in [1.807, 2.05) is 23.5 Å². The van der Waals surface area contributed by atoms with E-state index in [4.69, 9.17) is 4.12 Å². The second-order valence-electron chi connectivity index (χ2n) is 5.46. The van der Waals surface area contributed by atoms with E-state index in [1.54, 1.807) is 0 Å². The summed E-state index contributed by atoms with van der Waals surface area (Å²) in [6.45, 7) is 12.3. The van der Waals surface area contributed by atoms with Crippen LogP contribution >= 0.6 is 0 Å². The highest BCUT2D eigenvalue weighted by molar-refractivity contribution is 7.03. The molecule has 2 aromatic rings. The molecular formula is C18H22OSi2. The van der Waals surface area contributed by atoms with E-state index in [0.29, 0.717) is 0 Å². The Morgan fingerprint density at radius 1 is 0.762 bits per heavy atom. The van der Waals surface area contributed by atoms with E-state index in [-0.39, 0.29) is 0 Å². The molecule has 0 fully saturated rings. The van der Waals surface area contributed by atoms with E-state index in [0.717, 1.165) is 0 Å². The molecule has 2 aromatic carbocycles. The van der Waals surface area contributed by atoms with Gasteiger partial charge >= 0.3 is 0 Å². The Hall–Kier alpha value is -1.69. The van der Waals surface area contributed by atoms with Crippen LogP contribution in [0.3, 0.4) is 0 Å². The average molecular weight is 311 g/mol. The minimum atomic E-state index is -2.26. The fraction of sp³-hybridized carbons (Fsp3) is 0.111. The zero-order valence-electron chi connectivity index (χ0n) is 12.8. The van der Waals surface area contributed by atoms with Crippen LogP contribution in [-0.4, -0.2) is 16.6 Å². The second-order valence-corrected chi connectivity index (χ2v) is 12.7. The minimum absolute atomic E-state index is 1.28. The zero-order chi connectivity index (χ0) is 15.3. The van der Waals surface area contributed by atoms with Gasteiger partial charge in [0.15, 0.2) is 0 Å². The van der Waals surface area contributed by atoms with Crippen molar-refractivity contribution in [1.82, 2.24) is 0 Å². The third kappa shape index (κ3) is 3.32. The van der Waals surface area contributed by atoms with Gasteiger partial charge in [0.25, 0.3) is 0 Å². The molecule has 0 unspecified atom stereocenters. The molecule has 0 aromatic heterocycles. The first-order valence-electron chi connectivity index (χ1n) is 7.12. The summed E-state index contributed by atoms with van der Waals surface area (Å²) in [4.78, 5) is 0. The first-order valence-corrected chi connectivity index (χ1v) is 12.1. The predicted molar refractivity (Wildman–Crippen MR) is 96.9 cm³/mol. The Bertz CT molecular complexity index is 560. The number of hydrogen-bond acceptors (Lipinski definition) is 1. The van der Waals surface area contributed by atoms with Gasteiger partial charge in [0.2, 0.25) is 16.6 Å². The normalized spacial score (nSPS) is 11.9.